The Kier molecular flexibility index (Phi) is 6.04. The monoisotopic (exact) mass is 479 g/mol. The minimum absolute atomic E-state index is 0.152. The van der Waals surface area contributed by atoms with E-state index in [9.17, 15) is 14.4 Å². The molecule has 2 amide bonds. The van der Waals surface area contributed by atoms with Gasteiger partial charge in [-0.1, -0.05) is 35.9 Å². The van der Waals surface area contributed by atoms with Crippen molar-refractivity contribution in [1.29, 1.82) is 0 Å². The number of benzene rings is 2. The normalized spacial score (nSPS) is 15.3. The number of rotatable bonds is 4. The average Bonchev–Trinajstić information content (AvgIpc) is 2.77. The van der Waals surface area contributed by atoms with Gasteiger partial charge in [-0.05, 0) is 65.5 Å². The van der Waals surface area contributed by atoms with Gasteiger partial charge in [0.15, 0.2) is 0 Å². The third-order valence-electron chi connectivity index (χ3n) is 5.39. The molecule has 1 aliphatic rings. The minimum Gasteiger partial charge on any atom is -0.324 e. The largest absolute Gasteiger partial charge is 0.324 e. The highest BCUT2D eigenvalue weighted by atomic mass is 79.9. The first kappa shape index (κ1) is 21.1. The summed E-state index contributed by atoms with van der Waals surface area (Å²) < 4.78 is 2.05. The smallest absolute Gasteiger partial charge is 0.251 e. The van der Waals surface area contributed by atoms with Crippen molar-refractivity contribution in [3.63, 3.8) is 0 Å². The van der Waals surface area contributed by atoms with Crippen molar-refractivity contribution in [2.24, 2.45) is 0 Å². The highest BCUT2D eigenvalue weighted by Crippen LogP contribution is 2.31. The van der Waals surface area contributed by atoms with Crippen molar-refractivity contribution in [2.45, 2.75) is 32.4 Å². The van der Waals surface area contributed by atoms with Crippen LogP contribution < -0.4 is 15.8 Å². The number of amides is 2. The standard InChI is InChI=1S/C24H22BrN3O3/c1-16-6-10-19(11-7-16)26-24(31)21-12-8-17-4-2-3-5-20(17)28(21)23(30)15-27-14-18(25)9-13-22(27)29/h2-7,9-11,13-14,21H,8,12,15H2,1H3,(H,26,31). The predicted octanol–water partition coefficient (Wildman–Crippen LogP) is 3.91. The molecule has 0 spiro atoms. The van der Waals surface area contributed by atoms with E-state index in [-0.39, 0.29) is 23.9 Å². The molecule has 2 aromatic carbocycles. The summed E-state index contributed by atoms with van der Waals surface area (Å²) in [4.78, 5) is 40.3. The molecular formula is C24H22BrN3O3. The van der Waals surface area contributed by atoms with Crippen molar-refractivity contribution in [3.8, 4) is 0 Å². The third kappa shape index (κ3) is 4.61. The van der Waals surface area contributed by atoms with Gasteiger partial charge in [-0.2, -0.15) is 0 Å². The van der Waals surface area contributed by atoms with Crippen LogP contribution in [0.15, 0.2) is 76.1 Å². The van der Waals surface area contributed by atoms with Gasteiger partial charge < -0.3 is 9.88 Å². The summed E-state index contributed by atoms with van der Waals surface area (Å²) >= 11 is 3.34. The molecule has 1 atom stereocenters. The first-order valence-corrected chi connectivity index (χ1v) is 10.8. The minimum atomic E-state index is -0.661. The molecule has 1 N–H and O–H groups in total. The van der Waals surface area contributed by atoms with E-state index < -0.39 is 6.04 Å². The van der Waals surface area contributed by atoms with Crippen LogP contribution in [0.4, 0.5) is 11.4 Å². The predicted molar refractivity (Wildman–Crippen MR) is 124 cm³/mol. The molecule has 3 aromatic rings. The van der Waals surface area contributed by atoms with Crippen LogP contribution in [0.1, 0.15) is 17.5 Å². The Bertz CT molecular complexity index is 1190. The molecule has 158 valence electrons. The Balaban J connectivity index is 1.65. The van der Waals surface area contributed by atoms with E-state index in [1.165, 1.54) is 15.5 Å². The Hall–Kier alpha value is -3.19. The summed E-state index contributed by atoms with van der Waals surface area (Å²) in [7, 11) is 0. The van der Waals surface area contributed by atoms with E-state index >= 15 is 0 Å². The van der Waals surface area contributed by atoms with Crippen LogP contribution in [0, 0.1) is 6.92 Å². The van der Waals surface area contributed by atoms with Crippen LogP contribution in [0.25, 0.3) is 0 Å². The molecule has 0 saturated heterocycles. The zero-order valence-electron chi connectivity index (χ0n) is 17.0. The molecule has 0 saturated carbocycles. The lowest BCUT2D eigenvalue weighted by molar-refractivity contribution is -0.124. The van der Waals surface area contributed by atoms with Crippen molar-refractivity contribution >= 4 is 39.1 Å². The topological polar surface area (TPSA) is 71.4 Å². The lowest BCUT2D eigenvalue weighted by atomic mass is 9.95. The zero-order chi connectivity index (χ0) is 22.0. The highest BCUT2D eigenvalue weighted by Gasteiger charge is 2.35. The van der Waals surface area contributed by atoms with Gasteiger partial charge in [-0.15, -0.1) is 0 Å². The summed E-state index contributed by atoms with van der Waals surface area (Å²) in [6, 6.07) is 17.5. The Morgan fingerprint density at radius 3 is 2.58 bits per heavy atom. The number of hydrogen-bond donors (Lipinski definition) is 1. The molecular weight excluding hydrogens is 458 g/mol. The summed E-state index contributed by atoms with van der Waals surface area (Å²) in [6.45, 7) is 1.83. The second-order valence-electron chi connectivity index (χ2n) is 7.62. The number of pyridine rings is 1. The molecule has 1 aliphatic heterocycles. The summed E-state index contributed by atoms with van der Waals surface area (Å²) in [5.74, 6) is -0.551. The van der Waals surface area contributed by atoms with Gasteiger partial charge in [0.25, 0.3) is 5.56 Å². The van der Waals surface area contributed by atoms with E-state index in [1.807, 2.05) is 55.5 Å². The average molecular weight is 480 g/mol. The van der Waals surface area contributed by atoms with E-state index in [0.717, 1.165) is 11.1 Å². The molecule has 0 radical (unpaired) electrons. The van der Waals surface area contributed by atoms with Crippen LogP contribution in [0.2, 0.25) is 0 Å². The molecule has 1 aromatic heterocycles. The molecule has 7 heteroatoms. The number of para-hydroxylation sites is 1. The zero-order valence-corrected chi connectivity index (χ0v) is 18.6. The van der Waals surface area contributed by atoms with Crippen molar-refractivity contribution in [3.05, 3.63) is 92.8 Å². The Labute approximate surface area is 188 Å². The van der Waals surface area contributed by atoms with E-state index in [0.29, 0.717) is 28.7 Å². The van der Waals surface area contributed by atoms with Crippen molar-refractivity contribution < 1.29 is 9.59 Å². The van der Waals surface area contributed by atoms with Crippen molar-refractivity contribution in [1.82, 2.24) is 4.57 Å². The maximum atomic E-state index is 13.4. The SMILES string of the molecule is Cc1ccc(NC(=O)C2CCc3ccccc3N2C(=O)Cn2cc(Br)ccc2=O)cc1. The third-order valence-corrected chi connectivity index (χ3v) is 5.86. The quantitative estimate of drug-likeness (QED) is 0.616. The van der Waals surface area contributed by atoms with Gasteiger partial charge in [0.05, 0.1) is 0 Å². The second-order valence-corrected chi connectivity index (χ2v) is 8.53. The molecule has 4 rings (SSSR count). The fraction of sp³-hybridized carbons (Fsp3) is 0.208. The maximum Gasteiger partial charge on any atom is 0.251 e. The molecule has 31 heavy (non-hydrogen) atoms. The van der Waals surface area contributed by atoms with Gasteiger partial charge >= 0.3 is 0 Å². The van der Waals surface area contributed by atoms with Gasteiger partial charge in [-0.25, -0.2) is 0 Å². The van der Waals surface area contributed by atoms with Gasteiger partial charge in [0, 0.05) is 28.1 Å². The molecule has 0 aliphatic carbocycles. The second kappa shape index (κ2) is 8.89. The number of hydrogen-bond acceptors (Lipinski definition) is 3. The van der Waals surface area contributed by atoms with E-state index in [2.05, 4.69) is 21.2 Å². The van der Waals surface area contributed by atoms with Gasteiger partial charge in [-0.3, -0.25) is 19.3 Å². The van der Waals surface area contributed by atoms with Crippen molar-refractivity contribution in [2.75, 3.05) is 10.2 Å². The van der Waals surface area contributed by atoms with Crippen LogP contribution in [0.5, 0.6) is 0 Å². The summed E-state index contributed by atoms with van der Waals surface area (Å²) in [6.07, 6.45) is 2.79. The number of fused-ring (bicyclic) bond motifs is 1. The number of halogens is 1. The number of carbonyl (C=O) groups excluding carboxylic acids is 2. The lowest BCUT2D eigenvalue weighted by Crippen LogP contribution is -2.51. The van der Waals surface area contributed by atoms with Crippen LogP contribution in [-0.4, -0.2) is 22.4 Å². The number of aryl methyl sites for hydroxylation is 2. The number of aromatic nitrogens is 1. The highest BCUT2D eigenvalue weighted by molar-refractivity contribution is 9.10. The van der Waals surface area contributed by atoms with Crippen LogP contribution >= 0.6 is 15.9 Å². The molecule has 1 unspecified atom stereocenters. The fourth-order valence-corrected chi connectivity index (χ4v) is 4.19. The number of anilines is 2. The lowest BCUT2D eigenvalue weighted by Gasteiger charge is -2.36. The maximum absolute atomic E-state index is 13.4. The molecule has 0 bridgehead atoms. The van der Waals surface area contributed by atoms with Gasteiger partial charge in [0.1, 0.15) is 12.6 Å². The first-order valence-electron chi connectivity index (χ1n) is 10.1. The first-order chi connectivity index (χ1) is 14.9. The van der Waals surface area contributed by atoms with E-state index in [4.69, 9.17) is 0 Å². The number of nitrogens with one attached hydrogen (secondary N) is 1. The van der Waals surface area contributed by atoms with Crippen LogP contribution in [0.3, 0.4) is 0 Å². The summed E-state index contributed by atoms with van der Waals surface area (Å²) in [5.41, 5.74) is 3.23. The number of carbonyl (C=O) groups is 2. The number of nitrogens with zero attached hydrogens (tertiary/aromatic N) is 2. The fourth-order valence-electron chi connectivity index (χ4n) is 3.81. The Morgan fingerprint density at radius 2 is 1.81 bits per heavy atom. The molecule has 0 fully saturated rings. The summed E-state index contributed by atoms with van der Waals surface area (Å²) in [5, 5.41) is 2.93. The van der Waals surface area contributed by atoms with Crippen LogP contribution in [-0.2, 0) is 22.6 Å². The van der Waals surface area contributed by atoms with Gasteiger partial charge in [0.2, 0.25) is 11.8 Å². The van der Waals surface area contributed by atoms with E-state index in [1.54, 1.807) is 12.3 Å². The molecule has 6 nitrogen and oxygen atoms in total. The molecule has 2 heterocycles. The Morgan fingerprint density at radius 1 is 1.06 bits per heavy atom.